The summed E-state index contributed by atoms with van der Waals surface area (Å²) in [6.45, 7) is 1.46. The molecule has 0 aliphatic heterocycles. The third-order valence-electron chi connectivity index (χ3n) is 4.17. The number of halogens is 3. The minimum Gasteiger partial charge on any atom is -0.497 e. The fraction of sp³-hybridized carbons (Fsp3) is 0.421. The Labute approximate surface area is 165 Å². The summed E-state index contributed by atoms with van der Waals surface area (Å²) in [5.41, 5.74) is 3.24. The van der Waals surface area contributed by atoms with Gasteiger partial charge in [0.1, 0.15) is 12.3 Å². The van der Waals surface area contributed by atoms with Crippen LogP contribution in [-0.2, 0) is 20.7 Å². The van der Waals surface area contributed by atoms with Gasteiger partial charge in [-0.2, -0.15) is 18.3 Å². The number of rotatable bonds is 8. The molecule has 0 bridgehead atoms. The van der Waals surface area contributed by atoms with Crippen LogP contribution in [0.1, 0.15) is 23.4 Å². The van der Waals surface area contributed by atoms with Crippen molar-refractivity contribution < 1.29 is 32.2 Å². The fourth-order valence-corrected chi connectivity index (χ4v) is 2.73. The number of nitrogens with zero attached hydrogens (tertiary/aromatic N) is 2. The molecule has 0 aliphatic rings. The number of carbonyl (C=O) groups is 2. The number of benzene rings is 1. The van der Waals surface area contributed by atoms with Crippen LogP contribution in [0.5, 0.6) is 5.75 Å². The zero-order valence-corrected chi connectivity index (χ0v) is 16.3. The highest BCUT2D eigenvalue weighted by Crippen LogP contribution is 2.22. The second-order valence-electron chi connectivity index (χ2n) is 6.32. The third-order valence-corrected chi connectivity index (χ3v) is 4.17. The number of hydrogen-bond donors (Lipinski definition) is 1. The van der Waals surface area contributed by atoms with Gasteiger partial charge in [-0.05, 0) is 38.0 Å². The van der Waals surface area contributed by atoms with Crippen LogP contribution in [-0.4, -0.2) is 48.1 Å². The van der Waals surface area contributed by atoms with E-state index in [0.717, 1.165) is 22.6 Å². The first-order chi connectivity index (χ1) is 13.6. The number of carbonyl (C=O) groups excluding carboxylic acids is 2. The first kappa shape index (κ1) is 22.3. The zero-order valence-electron chi connectivity index (χ0n) is 16.3. The molecule has 0 spiro atoms. The molecule has 10 heteroatoms. The molecule has 0 radical (unpaired) electrons. The van der Waals surface area contributed by atoms with Crippen LogP contribution in [0, 0.1) is 13.8 Å². The molecule has 0 saturated carbocycles. The molecular weight excluding hydrogens is 391 g/mol. The maximum Gasteiger partial charge on any atom is 0.405 e. The van der Waals surface area contributed by atoms with Crippen LogP contribution < -0.4 is 10.1 Å². The maximum atomic E-state index is 12.0. The van der Waals surface area contributed by atoms with Gasteiger partial charge in [-0.1, -0.05) is 6.07 Å². The number of alkyl halides is 3. The molecule has 1 aromatic carbocycles. The topological polar surface area (TPSA) is 82.5 Å². The van der Waals surface area contributed by atoms with E-state index in [1.54, 1.807) is 17.1 Å². The van der Waals surface area contributed by atoms with Gasteiger partial charge in [-0.25, -0.2) is 4.68 Å². The van der Waals surface area contributed by atoms with Crippen LogP contribution in [0.3, 0.4) is 0 Å². The fourth-order valence-electron chi connectivity index (χ4n) is 2.73. The predicted molar refractivity (Wildman–Crippen MR) is 97.9 cm³/mol. The van der Waals surface area contributed by atoms with Crippen molar-refractivity contribution in [2.24, 2.45) is 0 Å². The number of nitrogens with one attached hydrogen (secondary N) is 1. The molecule has 1 N–H and O–H groups in total. The van der Waals surface area contributed by atoms with E-state index >= 15 is 0 Å². The molecule has 0 atom stereocenters. The van der Waals surface area contributed by atoms with Crippen molar-refractivity contribution >= 4 is 11.9 Å². The van der Waals surface area contributed by atoms with E-state index in [4.69, 9.17) is 9.47 Å². The van der Waals surface area contributed by atoms with Gasteiger partial charge in [0.25, 0.3) is 5.91 Å². The van der Waals surface area contributed by atoms with Gasteiger partial charge in [-0.15, -0.1) is 0 Å². The summed E-state index contributed by atoms with van der Waals surface area (Å²) in [5, 5.41) is 6.13. The highest BCUT2D eigenvalue weighted by Gasteiger charge is 2.27. The molecule has 0 unspecified atom stereocenters. The van der Waals surface area contributed by atoms with Crippen LogP contribution in [0.25, 0.3) is 5.69 Å². The Morgan fingerprint density at radius 2 is 1.97 bits per heavy atom. The number of aryl methyl sites for hydroxylation is 1. The summed E-state index contributed by atoms with van der Waals surface area (Å²) in [6, 6.07) is 7.36. The molecule has 2 aromatic rings. The number of aromatic nitrogens is 2. The van der Waals surface area contributed by atoms with E-state index in [2.05, 4.69) is 5.10 Å². The number of hydrogen-bond acceptors (Lipinski definition) is 5. The zero-order chi connectivity index (χ0) is 21.6. The number of esters is 1. The molecule has 0 saturated heterocycles. The van der Waals surface area contributed by atoms with Crippen LogP contribution in [0.4, 0.5) is 13.2 Å². The summed E-state index contributed by atoms with van der Waals surface area (Å²) >= 11 is 0. The third kappa shape index (κ3) is 6.51. The number of methoxy groups -OCH3 is 1. The average molecular weight is 413 g/mol. The van der Waals surface area contributed by atoms with E-state index in [0.29, 0.717) is 12.2 Å². The van der Waals surface area contributed by atoms with Gasteiger partial charge in [0, 0.05) is 18.2 Å². The summed E-state index contributed by atoms with van der Waals surface area (Å²) in [4.78, 5) is 23.1. The monoisotopic (exact) mass is 413 g/mol. The Kier molecular flexibility index (Phi) is 7.24. The molecule has 0 aliphatic carbocycles. The maximum absolute atomic E-state index is 12.0. The van der Waals surface area contributed by atoms with Gasteiger partial charge < -0.3 is 14.8 Å². The van der Waals surface area contributed by atoms with E-state index in [9.17, 15) is 22.8 Å². The summed E-state index contributed by atoms with van der Waals surface area (Å²) in [7, 11) is 1.57. The van der Waals surface area contributed by atoms with Crippen molar-refractivity contribution in [1.82, 2.24) is 15.1 Å². The lowest BCUT2D eigenvalue weighted by molar-refractivity contribution is -0.151. The molecule has 1 amide bonds. The van der Waals surface area contributed by atoms with E-state index < -0.39 is 31.2 Å². The van der Waals surface area contributed by atoms with Gasteiger partial charge in [0.15, 0.2) is 6.61 Å². The molecule has 1 heterocycles. The van der Waals surface area contributed by atoms with Crippen molar-refractivity contribution in [3.05, 3.63) is 41.2 Å². The molecular formula is C19H22F3N3O4. The Morgan fingerprint density at radius 1 is 1.24 bits per heavy atom. The highest BCUT2D eigenvalue weighted by molar-refractivity contribution is 5.80. The van der Waals surface area contributed by atoms with Crippen LogP contribution in [0.15, 0.2) is 24.3 Å². The molecule has 2 rings (SSSR count). The standard InChI is InChI=1S/C19H22F3N3O4/c1-12-16(7-8-18(27)29-10-17(26)23-11-19(20,21)22)13(2)25(24-12)14-5-4-6-15(9-14)28-3/h4-6,9H,7-8,10-11H2,1-3H3,(H,23,26). The molecule has 0 fully saturated rings. The van der Waals surface area contributed by atoms with Crippen molar-refractivity contribution in [1.29, 1.82) is 0 Å². The lowest BCUT2D eigenvalue weighted by Crippen LogP contribution is -2.36. The van der Waals surface area contributed by atoms with E-state index in [-0.39, 0.29) is 6.42 Å². The van der Waals surface area contributed by atoms with Gasteiger partial charge in [0.2, 0.25) is 0 Å². The lowest BCUT2D eigenvalue weighted by Gasteiger charge is -2.09. The molecule has 7 nitrogen and oxygen atoms in total. The smallest absolute Gasteiger partial charge is 0.405 e. The first-order valence-electron chi connectivity index (χ1n) is 8.79. The summed E-state index contributed by atoms with van der Waals surface area (Å²) < 4.78 is 47.8. The van der Waals surface area contributed by atoms with Crippen molar-refractivity contribution in [2.75, 3.05) is 20.3 Å². The van der Waals surface area contributed by atoms with Gasteiger partial charge in [-0.3, -0.25) is 9.59 Å². The first-order valence-corrected chi connectivity index (χ1v) is 8.79. The van der Waals surface area contributed by atoms with Crippen molar-refractivity contribution in [3.8, 4) is 11.4 Å². The Hall–Kier alpha value is -3.04. The second kappa shape index (κ2) is 9.44. The Bertz CT molecular complexity index is 878. The summed E-state index contributed by atoms with van der Waals surface area (Å²) in [5.74, 6) is -1.00. The minimum absolute atomic E-state index is 0.0297. The average Bonchev–Trinajstić information content (AvgIpc) is 2.96. The quantitative estimate of drug-likeness (QED) is 0.673. The van der Waals surface area contributed by atoms with Crippen molar-refractivity contribution in [3.63, 3.8) is 0 Å². The van der Waals surface area contributed by atoms with Crippen molar-refractivity contribution in [2.45, 2.75) is 32.9 Å². The molecule has 158 valence electrons. The molecule has 1 aromatic heterocycles. The minimum atomic E-state index is -4.52. The second-order valence-corrected chi connectivity index (χ2v) is 6.32. The van der Waals surface area contributed by atoms with E-state index in [1.165, 1.54) is 0 Å². The SMILES string of the molecule is COc1cccc(-n2nc(C)c(CCC(=O)OCC(=O)NCC(F)(F)F)c2C)c1. The Balaban J connectivity index is 1.93. The van der Waals surface area contributed by atoms with Crippen LogP contribution >= 0.6 is 0 Å². The Morgan fingerprint density at radius 3 is 2.62 bits per heavy atom. The number of amides is 1. The molecule has 29 heavy (non-hydrogen) atoms. The summed E-state index contributed by atoms with van der Waals surface area (Å²) in [6.07, 6.45) is -4.22. The largest absolute Gasteiger partial charge is 0.497 e. The number of ether oxygens (including phenoxy) is 2. The van der Waals surface area contributed by atoms with Crippen LogP contribution in [0.2, 0.25) is 0 Å². The normalized spacial score (nSPS) is 11.2. The lowest BCUT2D eigenvalue weighted by atomic mass is 10.1. The van der Waals surface area contributed by atoms with Gasteiger partial charge in [0.05, 0.1) is 18.5 Å². The highest BCUT2D eigenvalue weighted by atomic mass is 19.4. The van der Waals surface area contributed by atoms with Gasteiger partial charge >= 0.3 is 12.1 Å². The predicted octanol–water partition coefficient (Wildman–Crippen LogP) is 2.65. The van der Waals surface area contributed by atoms with E-state index in [1.807, 2.05) is 38.1 Å².